The summed E-state index contributed by atoms with van der Waals surface area (Å²) < 4.78 is 1.85. The Hall–Kier alpha value is -2.69. The minimum atomic E-state index is -0.159. The highest BCUT2D eigenvalue weighted by Gasteiger charge is 2.12. The summed E-state index contributed by atoms with van der Waals surface area (Å²) in [5.74, 6) is -0.159. The lowest BCUT2D eigenvalue weighted by Crippen LogP contribution is -2.12. The highest BCUT2D eigenvalue weighted by atomic mass is 16.1. The molecule has 0 unspecified atom stereocenters. The van der Waals surface area contributed by atoms with Gasteiger partial charge in [-0.25, -0.2) is 9.67 Å². The van der Waals surface area contributed by atoms with Gasteiger partial charge in [0.1, 0.15) is 0 Å². The van der Waals surface area contributed by atoms with E-state index in [2.05, 4.69) is 48.3 Å². The third-order valence-corrected chi connectivity index (χ3v) is 4.22. The molecular formula is C20H24N4O. The van der Waals surface area contributed by atoms with E-state index < -0.39 is 0 Å². The zero-order valence-corrected chi connectivity index (χ0v) is 15.0. The summed E-state index contributed by atoms with van der Waals surface area (Å²) in [5.41, 5.74) is 3.42. The quantitative estimate of drug-likeness (QED) is 0.715. The van der Waals surface area contributed by atoms with Gasteiger partial charge in [-0.2, -0.15) is 5.10 Å². The number of carbonyl (C=O) groups excluding carboxylic acids is 1. The lowest BCUT2D eigenvalue weighted by Gasteiger charge is -2.08. The van der Waals surface area contributed by atoms with Gasteiger partial charge in [0.15, 0.2) is 5.65 Å². The molecule has 3 aromatic rings. The predicted molar refractivity (Wildman–Crippen MR) is 101 cm³/mol. The van der Waals surface area contributed by atoms with Crippen molar-refractivity contribution in [1.29, 1.82) is 0 Å². The van der Waals surface area contributed by atoms with Gasteiger partial charge in [0, 0.05) is 23.3 Å². The minimum absolute atomic E-state index is 0.159. The number of rotatable bonds is 6. The number of amides is 1. The first-order valence-corrected chi connectivity index (χ1v) is 8.82. The first-order valence-electron chi connectivity index (χ1n) is 8.82. The van der Waals surface area contributed by atoms with E-state index in [0.717, 1.165) is 23.1 Å². The van der Waals surface area contributed by atoms with E-state index in [1.165, 1.54) is 18.4 Å². The topological polar surface area (TPSA) is 59.8 Å². The van der Waals surface area contributed by atoms with Crippen molar-refractivity contribution >= 4 is 22.6 Å². The molecule has 0 spiro atoms. The SMILES string of the molecule is CCCCc1ccc(NC(=O)c2cnc3c(cnn3C(C)C)c2)cc1. The molecule has 1 amide bonds. The Balaban J connectivity index is 1.73. The molecule has 0 atom stereocenters. The number of pyridine rings is 1. The molecule has 0 saturated heterocycles. The summed E-state index contributed by atoms with van der Waals surface area (Å²) in [4.78, 5) is 16.9. The van der Waals surface area contributed by atoms with Crippen LogP contribution in [0.1, 0.15) is 55.6 Å². The van der Waals surface area contributed by atoms with Crippen LogP contribution in [0.2, 0.25) is 0 Å². The minimum Gasteiger partial charge on any atom is -0.322 e. The number of carbonyl (C=O) groups is 1. The van der Waals surface area contributed by atoms with Gasteiger partial charge in [-0.15, -0.1) is 0 Å². The van der Waals surface area contributed by atoms with Gasteiger partial charge in [-0.3, -0.25) is 4.79 Å². The third-order valence-electron chi connectivity index (χ3n) is 4.22. The predicted octanol–water partition coefficient (Wildman–Crippen LogP) is 4.61. The monoisotopic (exact) mass is 336 g/mol. The molecule has 0 aliphatic heterocycles. The summed E-state index contributed by atoms with van der Waals surface area (Å²) in [7, 11) is 0. The van der Waals surface area contributed by atoms with Gasteiger partial charge in [-0.05, 0) is 50.5 Å². The number of unbranched alkanes of at least 4 members (excludes halogenated alkanes) is 1. The highest BCUT2D eigenvalue weighted by Crippen LogP contribution is 2.18. The number of fused-ring (bicyclic) bond motifs is 1. The van der Waals surface area contributed by atoms with Gasteiger partial charge in [0.25, 0.3) is 5.91 Å². The average Bonchev–Trinajstić information content (AvgIpc) is 3.04. The molecule has 2 heterocycles. The van der Waals surface area contributed by atoms with Crippen molar-refractivity contribution in [2.24, 2.45) is 0 Å². The fourth-order valence-electron chi connectivity index (χ4n) is 2.78. The van der Waals surface area contributed by atoms with Crippen LogP contribution in [0.15, 0.2) is 42.7 Å². The summed E-state index contributed by atoms with van der Waals surface area (Å²) in [6.45, 7) is 6.29. The van der Waals surface area contributed by atoms with Crippen LogP contribution in [0.4, 0.5) is 5.69 Å². The summed E-state index contributed by atoms with van der Waals surface area (Å²) in [5, 5.41) is 8.14. The van der Waals surface area contributed by atoms with Crippen LogP contribution in [0.5, 0.6) is 0 Å². The Morgan fingerprint density at radius 2 is 1.96 bits per heavy atom. The van der Waals surface area contributed by atoms with Gasteiger partial charge >= 0.3 is 0 Å². The van der Waals surface area contributed by atoms with Crippen molar-refractivity contribution in [3.63, 3.8) is 0 Å². The van der Waals surface area contributed by atoms with Gasteiger partial charge in [0.2, 0.25) is 0 Å². The zero-order valence-electron chi connectivity index (χ0n) is 15.0. The van der Waals surface area contributed by atoms with E-state index in [4.69, 9.17) is 0 Å². The van der Waals surface area contributed by atoms with E-state index in [0.29, 0.717) is 5.56 Å². The van der Waals surface area contributed by atoms with Gasteiger partial charge < -0.3 is 5.32 Å². The highest BCUT2D eigenvalue weighted by molar-refractivity contribution is 6.05. The smallest absolute Gasteiger partial charge is 0.257 e. The molecule has 0 fully saturated rings. The van der Waals surface area contributed by atoms with E-state index >= 15 is 0 Å². The number of aryl methyl sites for hydroxylation is 1. The number of hydrogen-bond acceptors (Lipinski definition) is 3. The fourth-order valence-corrected chi connectivity index (χ4v) is 2.78. The van der Waals surface area contributed by atoms with E-state index in [9.17, 15) is 4.79 Å². The Morgan fingerprint density at radius 3 is 2.64 bits per heavy atom. The van der Waals surface area contributed by atoms with Crippen molar-refractivity contribution in [2.75, 3.05) is 5.32 Å². The normalized spacial score (nSPS) is 11.2. The Morgan fingerprint density at radius 1 is 1.20 bits per heavy atom. The largest absolute Gasteiger partial charge is 0.322 e. The molecule has 1 N–H and O–H groups in total. The maximum absolute atomic E-state index is 12.5. The number of hydrogen-bond donors (Lipinski definition) is 1. The van der Waals surface area contributed by atoms with Crippen molar-refractivity contribution < 1.29 is 4.79 Å². The number of anilines is 1. The van der Waals surface area contributed by atoms with Crippen molar-refractivity contribution in [3.8, 4) is 0 Å². The fraction of sp³-hybridized carbons (Fsp3) is 0.350. The molecule has 1 aromatic carbocycles. The Labute approximate surface area is 148 Å². The molecule has 5 nitrogen and oxygen atoms in total. The van der Waals surface area contributed by atoms with Crippen LogP contribution in [-0.4, -0.2) is 20.7 Å². The second-order valence-electron chi connectivity index (χ2n) is 6.57. The number of nitrogens with zero attached hydrogens (tertiary/aromatic N) is 3. The maximum Gasteiger partial charge on any atom is 0.257 e. The van der Waals surface area contributed by atoms with Crippen molar-refractivity contribution in [2.45, 2.75) is 46.1 Å². The van der Waals surface area contributed by atoms with E-state index in [-0.39, 0.29) is 11.9 Å². The van der Waals surface area contributed by atoms with Crippen LogP contribution < -0.4 is 5.32 Å². The molecule has 2 aromatic heterocycles. The Bertz CT molecular complexity index is 865. The van der Waals surface area contributed by atoms with Crippen LogP contribution in [0.3, 0.4) is 0 Å². The van der Waals surface area contributed by atoms with Crippen LogP contribution in [0, 0.1) is 0 Å². The van der Waals surface area contributed by atoms with Crippen molar-refractivity contribution in [3.05, 3.63) is 53.9 Å². The first-order chi connectivity index (χ1) is 12.1. The van der Waals surface area contributed by atoms with E-state index in [1.54, 1.807) is 12.4 Å². The lowest BCUT2D eigenvalue weighted by atomic mass is 10.1. The summed E-state index contributed by atoms with van der Waals surface area (Å²) in [6.07, 6.45) is 6.80. The standard InChI is InChI=1S/C20H24N4O/c1-4-5-6-15-7-9-18(10-8-15)23-20(25)17-11-16-13-22-24(14(2)3)19(16)21-12-17/h7-14H,4-6H2,1-3H3,(H,23,25). The third kappa shape index (κ3) is 3.87. The number of benzene rings is 1. The van der Waals surface area contributed by atoms with Gasteiger partial charge in [0.05, 0.1) is 11.8 Å². The molecular weight excluding hydrogens is 312 g/mol. The van der Waals surface area contributed by atoms with Crippen molar-refractivity contribution in [1.82, 2.24) is 14.8 Å². The molecule has 3 rings (SSSR count). The second kappa shape index (κ2) is 7.47. The molecule has 25 heavy (non-hydrogen) atoms. The summed E-state index contributed by atoms with van der Waals surface area (Å²) in [6, 6.07) is 10.1. The van der Waals surface area contributed by atoms with Gasteiger partial charge in [-0.1, -0.05) is 25.5 Å². The molecule has 0 aliphatic carbocycles. The molecule has 130 valence electrons. The van der Waals surface area contributed by atoms with Crippen LogP contribution in [-0.2, 0) is 6.42 Å². The van der Waals surface area contributed by atoms with Crippen LogP contribution >= 0.6 is 0 Å². The lowest BCUT2D eigenvalue weighted by molar-refractivity contribution is 0.102. The number of aromatic nitrogens is 3. The van der Waals surface area contributed by atoms with Crippen LogP contribution in [0.25, 0.3) is 11.0 Å². The average molecular weight is 336 g/mol. The molecule has 0 saturated carbocycles. The van der Waals surface area contributed by atoms with E-state index in [1.807, 2.05) is 22.9 Å². The maximum atomic E-state index is 12.5. The number of nitrogens with one attached hydrogen (secondary N) is 1. The molecule has 5 heteroatoms. The molecule has 0 aliphatic rings. The first kappa shape index (κ1) is 17.1. The molecule has 0 radical (unpaired) electrons. The second-order valence-corrected chi connectivity index (χ2v) is 6.57. The Kier molecular flexibility index (Phi) is 5.12. The molecule has 0 bridgehead atoms. The zero-order chi connectivity index (χ0) is 17.8. The summed E-state index contributed by atoms with van der Waals surface area (Å²) >= 11 is 0.